The third kappa shape index (κ3) is 4.16. The summed E-state index contributed by atoms with van der Waals surface area (Å²) >= 11 is 0. The number of nitrogens with one attached hydrogen (secondary N) is 1. The first-order valence-electron chi connectivity index (χ1n) is 18.3. The molecule has 4 bridgehead atoms. The maximum Gasteiger partial charge on any atom is 0.143 e. The fourth-order valence-corrected chi connectivity index (χ4v) is 9.43. The molecule has 2 unspecified atom stereocenters. The molecule has 248 valence electrons. The second kappa shape index (κ2) is 10.8. The lowest BCUT2D eigenvalue weighted by Gasteiger charge is -2.37. The number of hydrogen-bond acceptors (Lipinski definition) is 3. The lowest BCUT2D eigenvalue weighted by molar-refractivity contribution is 0.669. The Bertz CT molecular complexity index is 3130. The average molecular weight is 678 g/mol. The van der Waals surface area contributed by atoms with E-state index in [4.69, 9.17) is 8.83 Å². The summed E-state index contributed by atoms with van der Waals surface area (Å²) in [6.07, 6.45) is 0. The maximum absolute atomic E-state index is 6.64. The summed E-state index contributed by atoms with van der Waals surface area (Å²) < 4.78 is 13.2. The minimum absolute atomic E-state index is 0.0420. The van der Waals surface area contributed by atoms with E-state index >= 15 is 0 Å². The van der Waals surface area contributed by atoms with E-state index in [9.17, 15) is 0 Å². The molecule has 3 heteroatoms. The molecule has 1 aliphatic heterocycles. The van der Waals surface area contributed by atoms with Crippen LogP contribution in [0.5, 0.6) is 0 Å². The Morgan fingerprint density at radius 2 is 1.02 bits per heavy atom. The maximum atomic E-state index is 6.64. The molecule has 2 atom stereocenters. The summed E-state index contributed by atoms with van der Waals surface area (Å²) in [6.45, 7) is 0. The molecule has 2 aromatic heterocycles. The molecule has 1 aliphatic carbocycles. The van der Waals surface area contributed by atoms with Crippen molar-refractivity contribution in [1.82, 2.24) is 0 Å². The first kappa shape index (κ1) is 28.8. The molecule has 0 fully saturated rings. The van der Waals surface area contributed by atoms with Crippen LogP contribution in [0.3, 0.4) is 0 Å². The van der Waals surface area contributed by atoms with Crippen molar-refractivity contribution in [2.24, 2.45) is 0 Å². The molecule has 12 rings (SSSR count). The summed E-state index contributed by atoms with van der Waals surface area (Å²) in [5, 5.41) is 8.40. The van der Waals surface area contributed by atoms with E-state index in [1.807, 2.05) is 6.07 Å². The standard InChI is InChI=1S/C50H31NO2/c1-3-16-39-36(13-1)37-14-2-4-17-40(37)47-32-26-31(35-19-8-20-41-38-15-5-6-22-43(38)53-50(35)41)27-33(28-32)51-42-21-10-24-45-49(42)48-34(18-9-23-44(48)52-45)29-11-7-12-30(25-29)46(39)47/h1-28,46-47,51H. The van der Waals surface area contributed by atoms with Crippen LogP contribution in [0.2, 0.25) is 0 Å². The molecule has 0 amide bonds. The van der Waals surface area contributed by atoms with Crippen LogP contribution < -0.4 is 5.32 Å². The first-order valence-corrected chi connectivity index (χ1v) is 18.3. The van der Waals surface area contributed by atoms with Crippen molar-refractivity contribution in [3.63, 3.8) is 0 Å². The van der Waals surface area contributed by atoms with E-state index in [0.29, 0.717) is 0 Å². The molecule has 3 nitrogen and oxygen atoms in total. The highest BCUT2D eigenvalue weighted by Gasteiger charge is 2.36. The summed E-state index contributed by atoms with van der Waals surface area (Å²) in [7, 11) is 0. The van der Waals surface area contributed by atoms with E-state index in [0.717, 1.165) is 66.4 Å². The lowest BCUT2D eigenvalue weighted by atomic mass is 9.66. The second-order valence-corrected chi connectivity index (χ2v) is 14.5. The quantitative estimate of drug-likeness (QED) is 0.188. The van der Waals surface area contributed by atoms with Gasteiger partial charge in [-0.25, -0.2) is 0 Å². The van der Waals surface area contributed by atoms with Crippen molar-refractivity contribution < 1.29 is 8.83 Å². The van der Waals surface area contributed by atoms with Gasteiger partial charge in [-0.15, -0.1) is 0 Å². The lowest BCUT2D eigenvalue weighted by Crippen LogP contribution is -2.20. The number of fused-ring (bicyclic) bond motifs is 16. The van der Waals surface area contributed by atoms with Crippen LogP contribution in [0.25, 0.3) is 77.3 Å². The summed E-state index contributed by atoms with van der Waals surface area (Å²) in [6, 6.07) is 61.9. The van der Waals surface area contributed by atoms with Crippen LogP contribution in [0.4, 0.5) is 11.4 Å². The Morgan fingerprint density at radius 3 is 1.89 bits per heavy atom. The Morgan fingerprint density at radius 1 is 0.396 bits per heavy atom. The molecule has 2 aliphatic rings. The highest BCUT2D eigenvalue weighted by molar-refractivity contribution is 6.18. The molecule has 10 aromatic rings. The Kier molecular flexibility index (Phi) is 5.89. The minimum atomic E-state index is 0.0420. The van der Waals surface area contributed by atoms with Crippen molar-refractivity contribution in [2.45, 2.75) is 11.8 Å². The van der Waals surface area contributed by atoms with Gasteiger partial charge in [0.05, 0.1) is 11.1 Å². The highest BCUT2D eigenvalue weighted by Crippen LogP contribution is 2.54. The monoisotopic (exact) mass is 677 g/mol. The SMILES string of the molecule is c1cc2cc(c1)C1c3ccccc3-c3ccccc3C1c1cc(cc(-c3cccc4c3oc3ccccc34)c1)Nc1cccc3oc4cccc-2c4c13. The van der Waals surface area contributed by atoms with Crippen LogP contribution in [0.15, 0.2) is 179 Å². The third-order valence-corrected chi connectivity index (χ3v) is 11.6. The van der Waals surface area contributed by atoms with Crippen molar-refractivity contribution in [3.8, 4) is 33.4 Å². The number of anilines is 2. The largest absolute Gasteiger partial charge is 0.456 e. The summed E-state index contributed by atoms with van der Waals surface area (Å²) in [5.74, 6) is 0.109. The summed E-state index contributed by atoms with van der Waals surface area (Å²) in [5.41, 5.74) is 17.9. The van der Waals surface area contributed by atoms with Gasteiger partial charge in [-0.05, 0) is 86.5 Å². The van der Waals surface area contributed by atoms with Crippen LogP contribution in [-0.4, -0.2) is 0 Å². The van der Waals surface area contributed by atoms with Gasteiger partial charge in [0.2, 0.25) is 0 Å². The molecule has 1 N–H and O–H groups in total. The van der Waals surface area contributed by atoms with Crippen LogP contribution in [0, 0.1) is 0 Å². The van der Waals surface area contributed by atoms with Crippen molar-refractivity contribution in [2.75, 3.05) is 5.32 Å². The zero-order chi connectivity index (χ0) is 34.6. The number of rotatable bonds is 1. The van der Waals surface area contributed by atoms with Crippen molar-refractivity contribution in [3.05, 3.63) is 192 Å². The average Bonchev–Trinajstić information content (AvgIpc) is 3.79. The summed E-state index contributed by atoms with van der Waals surface area (Å²) in [4.78, 5) is 0. The van der Waals surface area contributed by atoms with Gasteiger partial charge < -0.3 is 14.2 Å². The van der Waals surface area contributed by atoms with Crippen LogP contribution in [0.1, 0.15) is 34.1 Å². The minimum Gasteiger partial charge on any atom is -0.456 e. The van der Waals surface area contributed by atoms with E-state index in [-0.39, 0.29) is 11.8 Å². The Hall–Kier alpha value is -6.84. The van der Waals surface area contributed by atoms with E-state index in [1.54, 1.807) is 0 Å². The first-order chi connectivity index (χ1) is 26.3. The van der Waals surface area contributed by atoms with E-state index in [2.05, 4.69) is 169 Å². The molecule has 0 radical (unpaired) electrons. The van der Waals surface area contributed by atoms with Crippen molar-refractivity contribution >= 4 is 55.3 Å². The topological polar surface area (TPSA) is 38.3 Å². The predicted molar refractivity (Wildman–Crippen MR) is 217 cm³/mol. The zero-order valence-electron chi connectivity index (χ0n) is 28.6. The number of para-hydroxylation sites is 2. The smallest absolute Gasteiger partial charge is 0.143 e. The third-order valence-electron chi connectivity index (χ3n) is 11.6. The molecule has 0 saturated carbocycles. The molecule has 0 saturated heterocycles. The fraction of sp³-hybridized carbons (Fsp3) is 0.0400. The van der Waals surface area contributed by atoms with Gasteiger partial charge in [-0.3, -0.25) is 0 Å². The van der Waals surface area contributed by atoms with Gasteiger partial charge in [-0.1, -0.05) is 133 Å². The molecular formula is C50H31NO2. The van der Waals surface area contributed by atoms with E-state index < -0.39 is 0 Å². The zero-order valence-corrected chi connectivity index (χ0v) is 28.6. The fourth-order valence-electron chi connectivity index (χ4n) is 9.43. The van der Waals surface area contributed by atoms with Crippen LogP contribution in [-0.2, 0) is 0 Å². The molecule has 53 heavy (non-hydrogen) atoms. The Labute approximate surface area is 305 Å². The van der Waals surface area contributed by atoms with Crippen molar-refractivity contribution in [1.29, 1.82) is 0 Å². The molecule has 3 heterocycles. The number of benzene rings is 8. The van der Waals surface area contributed by atoms with E-state index in [1.165, 1.54) is 44.5 Å². The van der Waals surface area contributed by atoms with Crippen LogP contribution >= 0.6 is 0 Å². The molecule has 8 aromatic carbocycles. The second-order valence-electron chi connectivity index (χ2n) is 14.5. The number of furan rings is 2. The van der Waals surface area contributed by atoms with Gasteiger partial charge in [0.15, 0.2) is 0 Å². The van der Waals surface area contributed by atoms with Gasteiger partial charge >= 0.3 is 0 Å². The predicted octanol–water partition coefficient (Wildman–Crippen LogP) is 13.8. The molecular weight excluding hydrogens is 647 g/mol. The van der Waals surface area contributed by atoms with Gasteiger partial charge in [-0.2, -0.15) is 0 Å². The number of hydrogen-bond donors (Lipinski definition) is 1. The van der Waals surface area contributed by atoms with Gasteiger partial charge in [0.1, 0.15) is 22.3 Å². The highest BCUT2D eigenvalue weighted by atomic mass is 16.3. The van der Waals surface area contributed by atoms with Gasteiger partial charge in [0.25, 0.3) is 0 Å². The van der Waals surface area contributed by atoms with Gasteiger partial charge in [0, 0.05) is 39.2 Å². The molecule has 0 spiro atoms. The Balaban J connectivity index is 1.22. The normalized spacial score (nSPS) is 15.7.